The van der Waals surface area contributed by atoms with Crippen molar-refractivity contribution in [2.24, 2.45) is 5.73 Å². The number of benzene rings is 6. The van der Waals surface area contributed by atoms with Crippen molar-refractivity contribution in [1.82, 2.24) is 29.4 Å². The van der Waals surface area contributed by atoms with Crippen LogP contribution in [0.4, 0.5) is 0 Å². The van der Waals surface area contributed by atoms with Crippen LogP contribution in [0.25, 0.3) is 0 Å². The van der Waals surface area contributed by atoms with Gasteiger partial charge in [0.25, 0.3) is 5.09 Å². The molecule has 6 aromatic rings. The maximum Gasteiger partial charge on any atom is 0.308 e. The molecular formula is C85H100AgN10O22. The van der Waals surface area contributed by atoms with Crippen LogP contribution in [-0.4, -0.2) is 202 Å². The van der Waals surface area contributed by atoms with Gasteiger partial charge in [-0.3, -0.25) is 43.8 Å². The quantitative estimate of drug-likeness (QED) is 0.0258. The first-order valence-corrected chi connectivity index (χ1v) is 39.4. The molecular weight excluding hydrogens is 1620 g/mol. The summed E-state index contributed by atoms with van der Waals surface area (Å²) < 4.78 is 69.6. The summed E-state index contributed by atoms with van der Waals surface area (Å²) in [6.45, 7) is 20.2. The maximum atomic E-state index is 12.2. The number of nitriles is 2. The van der Waals surface area contributed by atoms with Crippen molar-refractivity contribution >= 4 is 17.9 Å². The molecule has 33 heteroatoms. The zero-order valence-corrected chi connectivity index (χ0v) is 70.4. The fourth-order valence-corrected chi connectivity index (χ4v) is 22.2. The fraction of sp³-hybridized carbons (Fsp3) is 0.518. The first-order valence-electron chi connectivity index (χ1n) is 39.4. The Bertz CT molecular complexity index is 5010. The number of likely N-dealkylation sites (N-methyl/N-ethyl adjacent to an activating group) is 3. The number of nitrogens with zero attached hydrogens (tertiary/aromatic N) is 9. The number of fused-ring (bicyclic) bond motifs is 27. The van der Waals surface area contributed by atoms with Crippen molar-refractivity contribution in [1.29, 1.82) is 10.5 Å². The number of phenolic OH excluding ortho intramolecular Hbond substituents is 3. The van der Waals surface area contributed by atoms with Crippen LogP contribution in [0, 0.1) is 74.3 Å². The van der Waals surface area contributed by atoms with Crippen molar-refractivity contribution in [3.63, 3.8) is 0 Å². The molecule has 6 aromatic carbocycles. The van der Waals surface area contributed by atoms with Gasteiger partial charge in [-0.25, -0.2) is 0 Å². The van der Waals surface area contributed by atoms with Gasteiger partial charge in [0, 0.05) is 159 Å². The number of aryl methyl sites for hydroxylation is 3. The molecule has 7 N–H and O–H groups in total. The maximum absolute atomic E-state index is 12.2. The summed E-state index contributed by atoms with van der Waals surface area (Å²) in [5.74, 6) is 5.79. The number of phenols is 3. The SMILES string of the molecule is CC[C@H]1c2c(c(OC(C)=O)c(C)c3c2OCO3)CC2[C@H]3c4c(cc(C)c(OC)c4O)C[C@@H]([C@H](C#N)N21)N3C.CC[C@H]1c2c(c(OC(C)=O)c(C)c3c2OCO3)CC2[C@H]3c4c(cc(C)c(OC)c4O)C[C@@H]([C@H](O)N21)N3C.COc1c(C)cc2c(c1O)[C@@H]1C3Cc4c(OC(C)=O)c(C)c5c(c4[C@H](CN)N3[C@@H](C#N)[C@H](C2)N1C)OCO5.O=[N+]([O-])O.[Ag]. The van der Waals surface area contributed by atoms with Crippen molar-refractivity contribution in [3.8, 4) is 98.4 Å². The summed E-state index contributed by atoms with van der Waals surface area (Å²) in [6.07, 6.45) is 4.03. The predicted molar refractivity (Wildman–Crippen MR) is 417 cm³/mol. The van der Waals surface area contributed by atoms with E-state index in [1.807, 2.05) is 62.7 Å². The Balaban J connectivity index is 0.000000141. The molecule has 3 saturated heterocycles. The zero-order valence-electron chi connectivity index (χ0n) is 69.0. The average Bonchev–Trinajstić information content (AvgIpc) is 0.881. The van der Waals surface area contributed by atoms with Crippen LogP contribution in [0.1, 0.15) is 184 Å². The van der Waals surface area contributed by atoms with Crippen LogP contribution >= 0.6 is 0 Å². The first kappa shape index (κ1) is 84.4. The standard InChI is InChI=1S/C29H33N3O6.C28H32N4O6.C28H34N2O7.Ag.HNO3/c1-7-18-23-17(27(38-15(4)33)14(3)28-29(23)37-12-36-28)10-20-24-22-16(8-13(2)26(35-6)25(22)34)9-19(31(24)5)21(11-30)32(18)20;1-12-6-15-7-17-19(9-29)32-18(23(31(17)4)21(15)24(34)25(12)35-5)8-16-22(20(32)10-30)28-27(36-11-37-28)13(2)26(16)38-14(3)33;1-7-17-21-16(25(37-14(4)31)13(3)26-27(21)36-11-35-26)10-18-22-20-15(8-12(2)24(34-6)23(20)32)9-19(29(22)5)28(33)30(17)18;;2-1(3)4/h8,18-21,24,34H,7,9-10,12H2,1-6H3;6,17-20,23,34H,7-8,10-11,30H2,1-5H3;8,17-19,22,28,32-33H,7,9-11H2,1-6H3;;(H,2,3,4)/t18-,19-,20?,21-,24-;17-,18?,19-,20-,23-;17-,18?,19-,22-,28-;;/m000../s1. The van der Waals surface area contributed by atoms with Crippen LogP contribution in [0.3, 0.4) is 0 Å². The molecule has 118 heavy (non-hydrogen) atoms. The molecule has 15 atom stereocenters. The molecule has 633 valence electrons. The summed E-state index contributed by atoms with van der Waals surface area (Å²) in [7, 11) is 10.8. The minimum atomic E-state index is -1.50. The van der Waals surface area contributed by atoms with E-state index in [4.69, 9.17) is 77.9 Å². The van der Waals surface area contributed by atoms with Gasteiger partial charge in [-0.1, -0.05) is 32.0 Å². The Hall–Kier alpha value is -10.1. The summed E-state index contributed by atoms with van der Waals surface area (Å²) in [6, 6.07) is 8.30. The smallest absolute Gasteiger partial charge is 0.308 e. The van der Waals surface area contributed by atoms with Gasteiger partial charge in [-0.05, 0) is 147 Å². The first-order chi connectivity index (χ1) is 55.9. The van der Waals surface area contributed by atoms with Gasteiger partial charge in [0.05, 0.1) is 63.7 Å². The molecule has 0 spiro atoms. The molecule has 0 aliphatic carbocycles. The molecule has 0 aromatic heterocycles. The van der Waals surface area contributed by atoms with Crippen molar-refractivity contribution in [2.45, 2.75) is 218 Å². The van der Waals surface area contributed by atoms with E-state index >= 15 is 0 Å². The third-order valence-corrected chi connectivity index (χ3v) is 26.4. The molecule has 18 rings (SSSR count). The van der Waals surface area contributed by atoms with Crippen LogP contribution in [0.15, 0.2) is 18.2 Å². The molecule has 1 radical (unpaired) electrons. The van der Waals surface area contributed by atoms with Crippen molar-refractivity contribution < 1.29 is 124 Å². The number of piperazine rings is 3. The Morgan fingerprint density at radius 3 is 1.06 bits per heavy atom. The zero-order chi connectivity index (χ0) is 84.0. The number of nitrogens with two attached hydrogens (primary N) is 1. The fourth-order valence-electron chi connectivity index (χ4n) is 22.2. The van der Waals surface area contributed by atoms with Crippen LogP contribution in [0.5, 0.6) is 86.2 Å². The number of hydrogen-bond donors (Lipinski definition) is 6. The van der Waals surface area contributed by atoms with Gasteiger partial charge in [-0.2, -0.15) is 10.5 Å². The second-order valence-electron chi connectivity index (χ2n) is 32.2. The Labute approximate surface area is 698 Å². The Morgan fingerprint density at radius 2 is 0.763 bits per heavy atom. The topological polar surface area (TPSA) is 399 Å². The van der Waals surface area contributed by atoms with Gasteiger partial charge in [0.15, 0.2) is 69.0 Å². The van der Waals surface area contributed by atoms with Gasteiger partial charge < -0.3 is 88.2 Å². The second-order valence-corrected chi connectivity index (χ2v) is 32.2. The van der Waals surface area contributed by atoms with Crippen LogP contribution in [-0.2, 0) is 75.3 Å². The molecule has 3 unspecified atom stereocenters. The van der Waals surface area contributed by atoms with Crippen molar-refractivity contribution in [3.05, 3.63) is 128 Å². The number of methoxy groups -OCH3 is 3. The van der Waals surface area contributed by atoms with Crippen LogP contribution < -0.4 is 62.6 Å². The molecule has 0 saturated carbocycles. The number of rotatable bonds is 9. The minimum Gasteiger partial charge on any atom is -0.504 e. The van der Waals surface area contributed by atoms with E-state index in [1.165, 1.54) is 20.8 Å². The number of hydrogen-bond acceptors (Lipinski definition) is 30. The van der Waals surface area contributed by atoms with E-state index in [-0.39, 0.29) is 145 Å². The molecule has 12 aliphatic rings. The van der Waals surface area contributed by atoms with Gasteiger partial charge >= 0.3 is 17.9 Å². The van der Waals surface area contributed by atoms with E-state index in [9.17, 15) is 45.3 Å². The summed E-state index contributed by atoms with van der Waals surface area (Å²) >= 11 is 0. The largest absolute Gasteiger partial charge is 0.504 e. The number of carbonyl (C=O) groups is 3. The second kappa shape index (κ2) is 32.2. The van der Waals surface area contributed by atoms with Gasteiger partial charge in [0.1, 0.15) is 35.6 Å². The van der Waals surface area contributed by atoms with E-state index in [1.54, 1.807) is 21.3 Å². The van der Waals surface area contributed by atoms with Crippen LogP contribution in [0.2, 0.25) is 0 Å². The Kier molecular flexibility index (Phi) is 23.1. The number of aliphatic hydroxyl groups excluding tert-OH is 1. The molecule has 12 aliphatic heterocycles. The minimum absolute atomic E-state index is 0. The number of aromatic hydroxyl groups is 3. The number of ether oxygens (including phenoxy) is 12. The van der Waals surface area contributed by atoms with Gasteiger partial charge in [-0.15, -0.1) is 10.1 Å². The Morgan fingerprint density at radius 1 is 0.483 bits per heavy atom. The predicted octanol–water partition coefficient (Wildman–Crippen LogP) is 9.18. The van der Waals surface area contributed by atoms with E-state index in [0.29, 0.717) is 120 Å². The molecule has 0 amide bonds. The number of carbonyl (C=O) groups excluding carboxylic acids is 3. The third-order valence-electron chi connectivity index (χ3n) is 26.4. The number of aliphatic hydroxyl groups is 1. The normalized spacial score (nSPS) is 26.4. The molecule has 3 fully saturated rings. The average molecular weight is 1720 g/mol. The van der Waals surface area contributed by atoms with E-state index in [0.717, 1.165) is 101 Å². The summed E-state index contributed by atoms with van der Waals surface area (Å²) in [4.78, 5) is 58.3. The molecule has 12 heterocycles. The summed E-state index contributed by atoms with van der Waals surface area (Å²) in [5.41, 5.74) is 22.1. The number of esters is 3. The monoisotopic (exact) mass is 1720 g/mol. The molecule has 32 nitrogen and oxygen atoms in total. The van der Waals surface area contributed by atoms with Crippen molar-refractivity contribution in [2.75, 3.05) is 69.4 Å². The molecule has 6 bridgehead atoms. The van der Waals surface area contributed by atoms with E-state index in [2.05, 4.69) is 73.6 Å². The van der Waals surface area contributed by atoms with Gasteiger partial charge in [0.2, 0.25) is 20.4 Å². The van der Waals surface area contributed by atoms with E-state index < -0.39 is 35.3 Å². The third kappa shape index (κ3) is 13.0. The summed E-state index contributed by atoms with van der Waals surface area (Å²) in [5, 5.41) is 80.9.